The molecule has 0 radical (unpaired) electrons. The average molecular weight is 685 g/mol. The molecule has 2 aromatic heterocycles. The highest BCUT2D eigenvalue weighted by Crippen LogP contribution is 2.42. The number of rotatable bonds is 9. The molecule has 0 aliphatic carbocycles. The molecule has 6 aromatic rings. The number of thiazole rings is 1. The van der Waals surface area contributed by atoms with Gasteiger partial charge in [-0.15, -0.1) is 0 Å². The van der Waals surface area contributed by atoms with Crippen molar-refractivity contribution in [3.05, 3.63) is 151 Å². The van der Waals surface area contributed by atoms with Crippen LogP contribution in [-0.4, -0.2) is 36.8 Å². The second kappa shape index (κ2) is 13.9. The van der Waals surface area contributed by atoms with Crippen LogP contribution in [-0.2, 0) is 14.3 Å². The minimum Gasteiger partial charge on any atom is -0.496 e. The number of carbonyl (C=O) groups excluding carboxylic acids is 2. The lowest BCUT2D eigenvalue weighted by atomic mass is 9.89. The molecule has 0 fully saturated rings. The monoisotopic (exact) mass is 684 g/mol. The zero-order valence-corrected chi connectivity index (χ0v) is 28.4. The molecule has 1 atom stereocenters. The summed E-state index contributed by atoms with van der Waals surface area (Å²) >= 11 is 1.20. The maximum Gasteiger partial charge on any atom is 0.338 e. The summed E-state index contributed by atoms with van der Waals surface area (Å²) in [5.74, 6) is 0.564. The van der Waals surface area contributed by atoms with E-state index in [1.165, 1.54) is 11.3 Å². The fraction of sp³-hybridized carbons (Fsp3) is 0.150. The second-order valence-electron chi connectivity index (χ2n) is 11.3. The normalized spacial score (nSPS) is 14.3. The van der Waals surface area contributed by atoms with Crippen LogP contribution in [0.5, 0.6) is 5.75 Å². The van der Waals surface area contributed by atoms with Crippen molar-refractivity contribution in [3.8, 4) is 17.1 Å². The van der Waals surface area contributed by atoms with Gasteiger partial charge in [-0.1, -0.05) is 84.1 Å². The van der Waals surface area contributed by atoms with E-state index >= 15 is 0 Å². The van der Waals surface area contributed by atoms with Gasteiger partial charge in [0.05, 0.1) is 41.7 Å². The van der Waals surface area contributed by atoms with Crippen molar-refractivity contribution < 1.29 is 28.2 Å². The van der Waals surface area contributed by atoms with Gasteiger partial charge in [-0.3, -0.25) is 9.36 Å². The molecular weight excluding hydrogens is 653 g/mol. The van der Waals surface area contributed by atoms with Crippen molar-refractivity contribution in [2.24, 2.45) is 4.99 Å². The topological polar surface area (TPSA) is 109 Å². The summed E-state index contributed by atoms with van der Waals surface area (Å²) in [5, 5.41) is 1.75. The van der Waals surface area contributed by atoms with Crippen LogP contribution in [0, 0.1) is 0 Å². The predicted molar refractivity (Wildman–Crippen MR) is 192 cm³/mol. The van der Waals surface area contributed by atoms with Gasteiger partial charge in [-0.2, -0.15) is 0 Å². The van der Waals surface area contributed by atoms with E-state index in [2.05, 4.69) is 0 Å². The van der Waals surface area contributed by atoms with Crippen LogP contribution in [0.3, 0.4) is 0 Å². The molecule has 0 bridgehead atoms. The van der Waals surface area contributed by atoms with E-state index in [0.29, 0.717) is 55.6 Å². The number of hydrogen-bond acceptors (Lipinski definition) is 9. The number of carbonyl (C=O) groups is 2. The summed E-state index contributed by atoms with van der Waals surface area (Å²) in [4.78, 5) is 46.0. The molecule has 0 amide bonds. The third kappa shape index (κ3) is 5.94. The van der Waals surface area contributed by atoms with Crippen LogP contribution in [0.4, 0.5) is 0 Å². The van der Waals surface area contributed by atoms with Crippen LogP contribution in [0.2, 0.25) is 0 Å². The highest BCUT2D eigenvalue weighted by Gasteiger charge is 2.37. The van der Waals surface area contributed by atoms with Crippen molar-refractivity contribution in [1.82, 2.24) is 4.57 Å². The van der Waals surface area contributed by atoms with Gasteiger partial charge >= 0.3 is 11.9 Å². The van der Waals surface area contributed by atoms with Gasteiger partial charge < -0.3 is 18.6 Å². The summed E-state index contributed by atoms with van der Waals surface area (Å²) in [6, 6.07) is 30.6. The zero-order valence-electron chi connectivity index (χ0n) is 27.5. The van der Waals surface area contributed by atoms with E-state index in [0.717, 1.165) is 16.3 Å². The minimum absolute atomic E-state index is 0.139. The summed E-state index contributed by atoms with van der Waals surface area (Å²) in [5.41, 5.74) is 2.87. The third-order valence-corrected chi connectivity index (χ3v) is 9.36. The first-order valence-electron chi connectivity index (χ1n) is 16.1. The molecular formula is C40H32N2O7S. The smallest absolute Gasteiger partial charge is 0.338 e. The van der Waals surface area contributed by atoms with Crippen molar-refractivity contribution in [3.63, 3.8) is 0 Å². The molecule has 3 heterocycles. The number of fused-ring (bicyclic) bond motifs is 2. The summed E-state index contributed by atoms with van der Waals surface area (Å²) in [6.45, 7) is 3.94. The Bertz CT molecular complexity index is 2460. The van der Waals surface area contributed by atoms with Crippen LogP contribution < -0.4 is 19.6 Å². The lowest BCUT2D eigenvalue weighted by Crippen LogP contribution is -2.40. The number of hydrogen-bond donors (Lipinski definition) is 0. The molecule has 0 saturated carbocycles. The van der Waals surface area contributed by atoms with Gasteiger partial charge in [0.15, 0.2) is 4.80 Å². The van der Waals surface area contributed by atoms with E-state index in [1.807, 2.05) is 66.7 Å². The summed E-state index contributed by atoms with van der Waals surface area (Å²) in [7, 11) is 1.57. The Hall–Kier alpha value is -6.00. The maximum atomic E-state index is 14.5. The van der Waals surface area contributed by atoms with Gasteiger partial charge in [0.1, 0.15) is 23.3 Å². The number of methoxy groups -OCH3 is 1. The van der Waals surface area contributed by atoms with Crippen molar-refractivity contribution in [2.75, 3.05) is 20.3 Å². The van der Waals surface area contributed by atoms with E-state index in [1.54, 1.807) is 68.0 Å². The molecule has 10 heteroatoms. The molecule has 1 aliphatic rings. The largest absolute Gasteiger partial charge is 0.496 e. The average Bonchev–Trinajstić information content (AvgIpc) is 3.74. The summed E-state index contributed by atoms with van der Waals surface area (Å²) < 4.78 is 24.7. The second-order valence-corrected chi connectivity index (χ2v) is 12.3. The highest BCUT2D eigenvalue weighted by atomic mass is 32.1. The van der Waals surface area contributed by atoms with E-state index in [-0.39, 0.29) is 17.7 Å². The molecule has 9 nitrogen and oxygen atoms in total. The Morgan fingerprint density at radius 3 is 2.30 bits per heavy atom. The Morgan fingerprint density at radius 2 is 1.56 bits per heavy atom. The first-order valence-corrected chi connectivity index (χ1v) is 16.9. The predicted octanol–water partition coefficient (Wildman–Crippen LogP) is 6.53. The fourth-order valence-corrected chi connectivity index (χ4v) is 7.13. The molecule has 250 valence electrons. The Kier molecular flexibility index (Phi) is 9.02. The van der Waals surface area contributed by atoms with Gasteiger partial charge in [-0.25, -0.2) is 14.6 Å². The van der Waals surface area contributed by atoms with Crippen LogP contribution in [0.15, 0.2) is 123 Å². The molecule has 7 rings (SSSR count). The third-order valence-electron chi connectivity index (χ3n) is 8.38. The Labute approximate surface area is 291 Å². The van der Waals surface area contributed by atoms with Crippen LogP contribution >= 0.6 is 11.3 Å². The zero-order chi connectivity index (χ0) is 34.8. The number of furan rings is 1. The van der Waals surface area contributed by atoms with Gasteiger partial charge in [-0.05, 0) is 55.0 Å². The molecule has 0 spiro atoms. The van der Waals surface area contributed by atoms with Crippen molar-refractivity contribution in [1.29, 1.82) is 0 Å². The van der Waals surface area contributed by atoms with Crippen LogP contribution in [0.25, 0.3) is 33.9 Å². The van der Waals surface area contributed by atoms with Crippen molar-refractivity contribution >= 4 is 45.8 Å². The minimum atomic E-state index is -0.922. The van der Waals surface area contributed by atoms with Gasteiger partial charge in [0.2, 0.25) is 0 Å². The van der Waals surface area contributed by atoms with Crippen LogP contribution in [0.1, 0.15) is 47.1 Å². The maximum absolute atomic E-state index is 14.5. The van der Waals surface area contributed by atoms with Gasteiger partial charge in [0.25, 0.3) is 5.56 Å². The van der Waals surface area contributed by atoms with Gasteiger partial charge in [0, 0.05) is 22.8 Å². The number of nitrogens with zero attached hydrogens (tertiary/aromatic N) is 2. The quantitative estimate of drug-likeness (QED) is 0.159. The number of benzene rings is 4. The van der Waals surface area contributed by atoms with E-state index in [9.17, 15) is 14.4 Å². The first-order chi connectivity index (χ1) is 24.4. The Balaban J connectivity index is 1.43. The lowest BCUT2D eigenvalue weighted by Gasteiger charge is -2.28. The molecule has 0 N–H and O–H groups in total. The number of ether oxygens (including phenoxy) is 3. The summed E-state index contributed by atoms with van der Waals surface area (Å²) in [6.07, 6.45) is 1.67. The van der Waals surface area contributed by atoms with E-state index < -0.39 is 18.0 Å². The molecule has 0 saturated heterocycles. The fourth-order valence-electron chi connectivity index (χ4n) is 6.15. The molecule has 4 aromatic carbocycles. The number of esters is 2. The molecule has 50 heavy (non-hydrogen) atoms. The SMILES string of the molecule is CCOC(=O)C1=C(c2ccccc2)N=c2s/c(=C/c3ccc(-c4ccc(C(=O)OCC)cc4)o3)c(=O)n2C1c1c(OC)ccc2ccccc12. The Morgan fingerprint density at radius 1 is 0.840 bits per heavy atom. The molecule has 1 aliphatic heterocycles. The first kappa shape index (κ1) is 32.5. The number of aromatic nitrogens is 1. The molecule has 1 unspecified atom stereocenters. The van der Waals surface area contributed by atoms with Crippen molar-refractivity contribution in [2.45, 2.75) is 19.9 Å². The highest BCUT2D eigenvalue weighted by molar-refractivity contribution is 7.07. The lowest BCUT2D eigenvalue weighted by molar-refractivity contribution is -0.138. The van der Waals surface area contributed by atoms with E-state index in [4.69, 9.17) is 23.6 Å². The standard InChI is InChI=1S/C40H32N2O7S/c1-4-47-38(44)27-17-15-25(16-18-27)30-22-20-28(49-30)23-32-37(43)42-36(33-29-14-10-9-11-24(29)19-21-31(33)46-3)34(39(45)48-5-2)35(41-40(42)50-32)26-12-7-6-8-13-26/h6-23,36H,4-5H2,1-3H3/b32-23+.